The van der Waals surface area contributed by atoms with E-state index in [0.717, 1.165) is 0 Å². The van der Waals surface area contributed by atoms with Gasteiger partial charge in [0, 0.05) is 0 Å². The van der Waals surface area contributed by atoms with E-state index in [1.165, 1.54) is 29.5 Å². The molecule has 0 amide bonds. The molecule has 0 nitrogen and oxygen atoms in total. The molecule has 2 aliphatic rings. The molecule has 0 saturated heterocycles. The first-order valence-corrected chi connectivity index (χ1v) is 25.4. The van der Waals surface area contributed by atoms with E-state index in [9.17, 15) is 0 Å². The summed E-state index contributed by atoms with van der Waals surface area (Å²) in [6.45, 7) is 14.4. The Kier molecular flexibility index (Phi) is 8.78. The third-order valence-corrected chi connectivity index (χ3v) is 25.5. The van der Waals surface area contributed by atoms with Crippen molar-refractivity contribution >= 4 is 37.8 Å². The van der Waals surface area contributed by atoms with Gasteiger partial charge in [-0.15, -0.1) is 24.8 Å². The second-order valence-corrected chi connectivity index (χ2v) is 40.4. The fourth-order valence-corrected chi connectivity index (χ4v) is 27.8. The quantitative estimate of drug-likeness (QED) is 0.311. The molecular formula is C29H40Cl2SiZr. The van der Waals surface area contributed by atoms with Crippen LogP contribution in [0, 0.1) is 5.92 Å². The van der Waals surface area contributed by atoms with Crippen LogP contribution in [0.5, 0.6) is 0 Å². The number of rotatable bonds is 5. The third-order valence-electron chi connectivity index (χ3n) is 8.23. The van der Waals surface area contributed by atoms with Crippen LogP contribution in [0.1, 0.15) is 62.2 Å². The van der Waals surface area contributed by atoms with Crippen LogP contribution in [0.15, 0.2) is 74.1 Å². The Hall–Kier alpha value is -0.660. The minimum absolute atomic E-state index is 0. The molecule has 33 heavy (non-hydrogen) atoms. The Morgan fingerprint density at radius 3 is 2.06 bits per heavy atom. The number of allylic oxidation sites excluding steroid dienone is 5. The summed E-state index contributed by atoms with van der Waals surface area (Å²) in [5, 5.41) is 0. The van der Waals surface area contributed by atoms with Gasteiger partial charge in [-0.1, -0.05) is 0 Å². The van der Waals surface area contributed by atoms with Crippen LogP contribution in [0.2, 0.25) is 9.26 Å². The molecule has 0 aromatic heterocycles. The second-order valence-electron chi connectivity index (χ2n) is 11.0. The summed E-state index contributed by atoms with van der Waals surface area (Å²) in [5.41, 5.74) is 12.3. The zero-order valence-electron chi connectivity index (χ0n) is 21.3. The van der Waals surface area contributed by atoms with E-state index in [1.54, 1.807) is 27.9 Å². The number of fused-ring (bicyclic) bond motifs is 1. The van der Waals surface area contributed by atoms with E-state index in [4.69, 9.17) is 0 Å². The zero-order chi connectivity index (χ0) is 22.6. The molecular weight excluding hydrogens is 539 g/mol. The van der Waals surface area contributed by atoms with E-state index in [0.29, 0.717) is 9.54 Å². The fourth-order valence-electron chi connectivity index (χ4n) is 6.78. The molecule has 4 heteroatoms. The van der Waals surface area contributed by atoms with Crippen LogP contribution in [-0.4, -0.2) is 6.88 Å². The molecule has 2 aliphatic carbocycles. The van der Waals surface area contributed by atoms with Gasteiger partial charge in [-0.2, -0.15) is 0 Å². The summed E-state index contributed by atoms with van der Waals surface area (Å²) in [5.74, 6) is 0.599. The van der Waals surface area contributed by atoms with E-state index >= 15 is 0 Å². The fraction of sp³-hybridized carbons (Fsp3) is 0.379. The van der Waals surface area contributed by atoms with E-state index in [2.05, 4.69) is 105 Å². The molecule has 0 N–H and O–H groups in total. The first-order chi connectivity index (χ1) is 14.6. The van der Waals surface area contributed by atoms with Crippen molar-refractivity contribution in [2.45, 2.75) is 60.3 Å². The molecule has 0 aliphatic heterocycles. The Morgan fingerprint density at radius 1 is 0.879 bits per heavy atom. The van der Waals surface area contributed by atoms with Gasteiger partial charge in [-0.3, -0.25) is 0 Å². The number of hydrogen-bond donors (Lipinski definition) is 0. The van der Waals surface area contributed by atoms with Gasteiger partial charge in [0.15, 0.2) is 0 Å². The Morgan fingerprint density at radius 2 is 1.52 bits per heavy atom. The van der Waals surface area contributed by atoms with Crippen molar-refractivity contribution in [1.82, 2.24) is 0 Å². The standard InChI is InChI=1S/C18H17.C9H13.2CH3.2ClH.H2Si.Zr/c1-2-7-14-12-16-10-6-11-17(18(16)13-14)15-8-4-3-5-9-15;1-6-5-7(2)9(4)8(6)3;;;;;;/h3-6,8-13H,2,7H2,1H3;6H,1-4H3;2*1H3;2*1H;1H2;. The minimum atomic E-state index is -3.36. The first kappa shape index (κ1) is 28.6. The number of hydrogen-bond acceptors (Lipinski definition) is 0. The summed E-state index contributed by atoms with van der Waals surface area (Å²) >= 11 is -3.36. The van der Waals surface area contributed by atoms with Crippen LogP contribution in [0.3, 0.4) is 0 Å². The van der Waals surface area contributed by atoms with E-state index in [-0.39, 0.29) is 24.8 Å². The van der Waals surface area contributed by atoms with Crippen LogP contribution in [0.4, 0.5) is 0 Å². The van der Waals surface area contributed by atoms with Crippen molar-refractivity contribution in [2.75, 3.05) is 0 Å². The molecule has 178 valence electrons. The van der Waals surface area contributed by atoms with Gasteiger partial charge in [0.1, 0.15) is 0 Å². The van der Waals surface area contributed by atoms with Crippen molar-refractivity contribution in [2.24, 2.45) is 5.92 Å². The van der Waals surface area contributed by atoms with Gasteiger partial charge < -0.3 is 0 Å². The predicted molar refractivity (Wildman–Crippen MR) is 153 cm³/mol. The number of halogens is 2. The molecule has 2 unspecified atom stereocenters. The van der Waals surface area contributed by atoms with Crippen LogP contribution in [0.25, 0.3) is 17.2 Å². The maximum atomic E-state index is 2.74. The molecule has 2 atom stereocenters. The molecule has 0 fully saturated rings. The maximum absolute atomic E-state index is 3.36. The Bertz CT molecular complexity index is 1210. The van der Waals surface area contributed by atoms with Crippen LogP contribution < -0.4 is 0 Å². The van der Waals surface area contributed by atoms with E-state index in [1.807, 2.05) is 3.28 Å². The van der Waals surface area contributed by atoms with Gasteiger partial charge in [0.2, 0.25) is 0 Å². The van der Waals surface area contributed by atoms with Crippen LogP contribution in [-0.2, 0) is 17.4 Å². The van der Waals surface area contributed by atoms with Crippen molar-refractivity contribution in [3.63, 3.8) is 0 Å². The van der Waals surface area contributed by atoms with Gasteiger partial charge in [-0.25, -0.2) is 0 Å². The smallest absolute Gasteiger partial charge is 0.147 e. The minimum Gasteiger partial charge on any atom is -0.147 e. The molecule has 0 spiro atoms. The second kappa shape index (κ2) is 10.1. The molecule has 2 aromatic rings. The largest absolute Gasteiger partial charge is 0.147 e. The molecule has 0 saturated carbocycles. The first-order valence-electron chi connectivity index (χ1n) is 11.9. The SMILES string of the molecule is CCCC1=Cc2c(-c3ccccc3)cccc2[CH]1[Zr]([CH3])([CH3])(=[SiH2])[C]1=C(C)C(C)=C(C)C1C.Cl.Cl. The topological polar surface area (TPSA) is 0 Å². The zero-order valence-corrected chi connectivity index (χ0v) is 26.8. The normalized spacial score (nSPS) is 20.3. The van der Waals surface area contributed by atoms with Gasteiger partial charge >= 0.3 is 193 Å². The summed E-state index contributed by atoms with van der Waals surface area (Å²) < 4.78 is 7.93. The Labute approximate surface area is 216 Å². The molecule has 2 aromatic carbocycles. The predicted octanol–water partition coefficient (Wildman–Crippen LogP) is 9.03. The van der Waals surface area contributed by atoms with Gasteiger partial charge in [-0.05, 0) is 0 Å². The molecule has 0 heterocycles. The molecule has 4 rings (SSSR count). The molecule has 0 bridgehead atoms. The van der Waals surface area contributed by atoms with Crippen molar-refractivity contribution < 1.29 is 17.4 Å². The third kappa shape index (κ3) is 4.63. The van der Waals surface area contributed by atoms with Crippen LogP contribution >= 0.6 is 24.8 Å². The van der Waals surface area contributed by atoms with Crippen molar-refractivity contribution in [3.05, 3.63) is 85.2 Å². The number of benzene rings is 2. The average molecular weight is 579 g/mol. The summed E-state index contributed by atoms with van der Waals surface area (Å²) in [4.78, 5) is 0. The van der Waals surface area contributed by atoms with Gasteiger partial charge in [0.05, 0.1) is 0 Å². The van der Waals surface area contributed by atoms with E-state index < -0.39 is 17.4 Å². The summed E-state index contributed by atoms with van der Waals surface area (Å²) in [6.07, 6.45) is 5.02. The molecule has 0 radical (unpaired) electrons. The van der Waals surface area contributed by atoms with Crippen molar-refractivity contribution in [1.29, 1.82) is 0 Å². The monoisotopic (exact) mass is 576 g/mol. The van der Waals surface area contributed by atoms with Gasteiger partial charge in [0.25, 0.3) is 0 Å². The average Bonchev–Trinajstić information content (AvgIpc) is 3.20. The summed E-state index contributed by atoms with van der Waals surface area (Å²) in [6, 6.07) is 18.0. The summed E-state index contributed by atoms with van der Waals surface area (Å²) in [7, 11) is 0. The van der Waals surface area contributed by atoms with Crippen molar-refractivity contribution in [3.8, 4) is 11.1 Å². The maximum Gasteiger partial charge on any atom is -0.147 e. The Balaban J connectivity index is 0.00000193.